The molecular weight excluding hydrogens is 435 g/mol. The number of ether oxygens (including phenoxy) is 1. The van der Waals surface area contributed by atoms with Crippen molar-refractivity contribution in [2.75, 3.05) is 13.1 Å². The van der Waals surface area contributed by atoms with E-state index in [1.54, 1.807) is 35.8 Å². The SMILES string of the molecule is C=CC(=O)N1CC(Cc2cncc(-c3cnc(Cc4ccccc4OC(F)(F)F)nc3)n2)C1. The van der Waals surface area contributed by atoms with Gasteiger partial charge in [0.1, 0.15) is 11.6 Å². The molecule has 7 nitrogen and oxygen atoms in total. The molecule has 0 bridgehead atoms. The van der Waals surface area contributed by atoms with Gasteiger partial charge in [0.2, 0.25) is 5.91 Å². The van der Waals surface area contributed by atoms with E-state index in [-0.39, 0.29) is 18.1 Å². The van der Waals surface area contributed by atoms with Crippen LogP contribution in [-0.4, -0.2) is 50.2 Å². The molecule has 4 rings (SSSR count). The second-order valence-electron chi connectivity index (χ2n) is 7.63. The van der Waals surface area contributed by atoms with E-state index in [0.29, 0.717) is 48.1 Å². The highest BCUT2D eigenvalue weighted by Gasteiger charge is 2.32. The van der Waals surface area contributed by atoms with Crippen LogP contribution in [0, 0.1) is 5.92 Å². The van der Waals surface area contributed by atoms with Crippen molar-refractivity contribution in [3.8, 4) is 17.0 Å². The van der Waals surface area contributed by atoms with Gasteiger partial charge >= 0.3 is 6.36 Å². The van der Waals surface area contributed by atoms with Crippen LogP contribution in [0.25, 0.3) is 11.3 Å². The Bertz CT molecular complexity index is 1150. The number of alkyl halides is 3. The zero-order valence-electron chi connectivity index (χ0n) is 17.5. The number of benzene rings is 1. The van der Waals surface area contributed by atoms with E-state index in [9.17, 15) is 18.0 Å². The summed E-state index contributed by atoms with van der Waals surface area (Å²) in [6, 6.07) is 5.89. The number of para-hydroxylation sites is 1. The number of hydrogen-bond acceptors (Lipinski definition) is 6. The highest BCUT2D eigenvalue weighted by Crippen LogP contribution is 2.27. The molecule has 3 heterocycles. The summed E-state index contributed by atoms with van der Waals surface area (Å²) >= 11 is 0. The number of nitrogens with zero attached hydrogens (tertiary/aromatic N) is 5. The van der Waals surface area contributed by atoms with Crippen molar-refractivity contribution >= 4 is 5.91 Å². The highest BCUT2D eigenvalue weighted by atomic mass is 19.4. The smallest absolute Gasteiger partial charge is 0.405 e. The maximum atomic E-state index is 12.6. The summed E-state index contributed by atoms with van der Waals surface area (Å²) in [4.78, 5) is 30.7. The number of hydrogen-bond donors (Lipinski definition) is 0. The lowest BCUT2D eigenvalue weighted by Gasteiger charge is -2.38. The summed E-state index contributed by atoms with van der Waals surface area (Å²) in [7, 11) is 0. The number of amides is 1. The van der Waals surface area contributed by atoms with E-state index < -0.39 is 6.36 Å². The van der Waals surface area contributed by atoms with E-state index >= 15 is 0 Å². The third-order valence-corrected chi connectivity index (χ3v) is 5.17. The van der Waals surface area contributed by atoms with Crippen molar-refractivity contribution in [1.29, 1.82) is 0 Å². The minimum absolute atomic E-state index is 0.0732. The Morgan fingerprint density at radius 3 is 2.58 bits per heavy atom. The standard InChI is InChI=1S/C23H20F3N5O2/c1-2-22(32)31-13-15(14-31)7-18-11-27-12-19(30-18)17-9-28-21(29-10-17)8-16-5-3-4-6-20(16)33-23(24,25)26/h2-6,9-12,15H,1,7-8,13-14H2. The second kappa shape index (κ2) is 9.35. The van der Waals surface area contributed by atoms with Gasteiger partial charge in [-0.25, -0.2) is 15.0 Å². The molecule has 0 N–H and O–H groups in total. The van der Waals surface area contributed by atoms with Gasteiger partial charge in [-0.15, -0.1) is 13.2 Å². The third kappa shape index (κ3) is 5.71. The number of carbonyl (C=O) groups excluding carboxylic acids is 1. The molecule has 0 atom stereocenters. The van der Waals surface area contributed by atoms with Crippen LogP contribution in [0.15, 0.2) is 61.7 Å². The molecule has 0 saturated carbocycles. The van der Waals surface area contributed by atoms with Crippen LogP contribution in [0.1, 0.15) is 17.1 Å². The maximum absolute atomic E-state index is 12.6. The summed E-state index contributed by atoms with van der Waals surface area (Å²) in [5.74, 6) is 0.315. The van der Waals surface area contributed by atoms with Gasteiger partial charge in [-0.05, 0) is 24.5 Å². The Morgan fingerprint density at radius 1 is 1.15 bits per heavy atom. The molecule has 1 aliphatic heterocycles. The molecular formula is C23H20F3N5O2. The first-order valence-corrected chi connectivity index (χ1v) is 10.2. The number of rotatable bonds is 7. The van der Waals surface area contributed by atoms with Crippen molar-refractivity contribution in [2.45, 2.75) is 19.2 Å². The highest BCUT2D eigenvalue weighted by molar-refractivity contribution is 5.87. The van der Waals surface area contributed by atoms with Gasteiger partial charge in [-0.3, -0.25) is 9.78 Å². The van der Waals surface area contributed by atoms with E-state index in [1.165, 1.54) is 24.3 Å². The monoisotopic (exact) mass is 455 g/mol. The molecule has 0 radical (unpaired) electrons. The molecule has 3 aromatic rings. The average Bonchev–Trinajstić information content (AvgIpc) is 2.76. The molecule has 1 saturated heterocycles. The van der Waals surface area contributed by atoms with Gasteiger partial charge < -0.3 is 9.64 Å². The van der Waals surface area contributed by atoms with Crippen molar-refractivity contribution in [3.05, 3.63) is 78.8 Å². The first-order valence-electron chi connectivity index (χ1n) is 10.2. The molecule has 2 aromatic heterocycles. The second-order valence-corrected chi connectivity index (χ2v) is 7.63. The molecule has 0 spiro atoms. The van der Waals surface area contributed by atoms with Crippen molar-refractivity contribution in [2.24, 2.45) is 5.92 Å². The van der Waals surface area contributed by atoms with Gasteiger partial charge in [0.15, 0.2) is 0 Å². The molecule has 1 fully saturated rings. The molecule has 0 aliphatic carbocycles. The van der Waals surface area contributed by atoms with Gasteiger partial charge in [0.25, 0.3) is 0 Å². The van der Waals surface area contributed by atoms with Gasteiger partial charge in [-0.1, -0.05) is 24.8 Å². The minimum Gasteiger partial charge on any atom is -0.405 e. The van der Waals surface area contributed by atoms with Crippen LogP contribution in [-0.2, 0) is 17.6 Å². The maximum Gasteiger partial charge on any atom is 0.573 e. The fraction of sp³-hybridized carbons (Fsp3) is 0.261. The van der Waals surface area contributed by atoms with E-state index in [0.717, 1.165) is 5.69 Å². The molecule has 170 valence electrons. The Kier molecular flexibility index (Phi) is 6.34. The molecule has 0 unspecified atom stereocenters. The Hall–Kier alpha value is -3.82. The van der Waals surface area contributed by atoms with Crippen LogP contribution in [0.5, 0.6) is 5.75 Å². The molecule has 1 amide bonds. The van der Waals surface area contributed by atoms with Crippen LogP contribution < -0.4 is 4.74 Å². The fourth-order valence-electron chi connectivity index (χ4n) is 3.57. The largest absolute Gasteiger partial charge is 0.573 e. The number of aromatic nitrogens is 4. The lowest BCUT2D eigenvalue weighted by molar-refractivity contribution is -0.274. The Balaban J connectivity index is 1.42. The third-order valence-electron chi connectivity index (χ3n) is 5.17. The lowest BCUT2D eigenvalue weighted by atomic mass is 9.94. The normalized spacial score (nSPS) is 14.0. The van der Waals surface area contributed by atoms with E-state index in [4.69, 9.17) is 0 Å². The lowest BCUT2D eigenvalue weighted by Crippen LogP contribution is -2.50. The van der Waals surface area contributed by atoms with Crippen LogP contribution in [0.4, 0.5) is 13.2 Å². The Morgan fingerprint density at radius 2 is 1.88 bits per heavy atom. The predicted molar refractivity (Wildman–Crippen MR) is 113 cm³/mol. The zero-order chi connectivity index (χ0) is 23.4. The summed E-state index contributed by atoms with van der Waals surface area (Å²) < 4.78 is 41.9. The fourth-order valence-corrected chi connectivity index (χ4v) is 3.57. The molecule has 10 heteroatoms. The summed E-state index contributed by atoms with van der Waals surface area (Å²) in [6.45, 7) is 4.81. The van der Waals surface area contributed by atoms with Crippen molar-refractivity contribution in [3.63, 3.8) is 0 Å². The first kappa shape index (κ1) is 22.4. The van der Waals surface area contributed by atoms with Gasteiger partial charge in [0, 0.05) is 49.2 Å². The zero-order valence-corrected chi connectivity index (χ0v) is 17.5. The topological polar surface area (TPSA) is 81.1 Å². The quantitative estimate of drug-likeness (QED) is 0.507. The van der Waals surface area contributed by atoms with Crippen LogP contribution in [0.3, 0.4) is 0 Å². The van der Waals surface area contributed by atoms with E-state index in [1.807, 2.05) is 0 Å². The summed E-state index contributed by atoms with van der Waals surface area (Å²) in [6.07, 6.45) is 3.73. The first-order chi connectivity index (χ1) is 15.8. The number of likely N-dealkylation sites (tertiary alicyclic amines) is 1. The molecule has 1 aromatic carbocycles. The van der Waals surface area contributed by atoms with Crippen molar-refractivity contribution < 1.29 is 22.7 Å². The number of carbonyl (C=O) groups is 1. The summed E-state index contributed by atoms with van der Waals surface area (Å²) in [5, 5.41) is 0. The molecule has 33 heavy (non-hydrogen) atoms. The minimum atomic E-state index is -4.77. The number of halogens is 3. The van der Waals surface area contributed by atoms with Gasteiger partial charge in [-0.2, -0.15) is 0 Å². The average molecular weight is 455 g/mol. The van der Waals surface area contributed by atoms with Crippen LogP contribution >= 0.6 is 0 Å². The van der Waals surface area contributed by atoms with Crippen molar-refractivity contribution in [1.82, 2.24) is 24.8 Å². The predicted octanol–water partition coefficient (Wildman–Crippen LogP) is 3.61. The molecule has 1 aliphatic rings. The van der Waals surface area contributed by atoms with E-state index in [2.05, 4.69) is 31.3 Å². The van der Waals surface area contributed by atoms with Crippen LogP contribution in [0.2, 0.25) is 0 Å². The Labute approximate surface area is 188 Å². The van der Waals surface area contributed by atoms with Gasteiger partial charge in [0.05, 0.1) is 17.6 Å². The summed E-state index contributed by atoms with van der Waals surface area (Å²) in [5.41, 5.74) is 2.36.